The molecule has 1 aromatic heterocycles. The van der Waals surface area contributed by atoms with Gasteiger partial charge in [-0.1, -0.05) is 41.0 Å². The Morgan fingerprint density at radius 1 is 1.23 bits per heavy atom. The number of halogens is 1. The van der Waals surface area contributed by atoms with Crippen LogP contribution in [0.1, 0.15) is 21.7 Å². The van der Waals surface area contributed by atoms with E-state index >= 15 is 0 Å². The summed E-state index contributed by atoms with van der Waals surface area (Å²) in [5, 5.41) is 7.33. The number of amides is 1. The van der Waals surface area contributed by atoms with Gasteiger partial charge in [0.05, 0.1) is 0 Å². The van der Waals surface area contributed by atoms with E-state index in [4.69, 9.17) is 16.1 Å². The zero-order chi connectivity index (χ0) is 18.7. The van der Waals surface area contributed by atoms with Crippen LogP contribution in [0.25, 0.3) is 11.3 Å². The second kappa shape index (κ2) is 7.85. The average molecular weight is 389 g/mol. The monoisotopic (exact) mass is 388 g/mol. The highest BCUT2D eigenvalue weighted by molar-refractivity contribution is 7.83. The topological polar surface area (TPSA) is 72.2 Å². The maximum atomic E-state index is 12.5. The second-order valence-electron chi connectivity index (χ2n) is 5.85. The summed E-state index contributed by atoms with van der Waals surface area (Å²) in [7, 11) is -0.956. The summed E-state index contributed by atoms with van der Waals surface area (Å²) in [6.07, 6.45) is 1.65. The average Bonchev–Trinajstić information content (AvgIpc) is 3.08. The lowest BCUT2D eigenvalue weighted by atomic mass is 10.1. The minimum atomic E-state index is -0.956. The van der Waals surface area contributed by atoms with Crippen LogP contribution in [0.3, 0.4) is 0 Å². The molecule has 0 saturated carbocycles. The van der Waals surface area contributed by atoms with Gasteiger partial charge in [0, 0.05) is 45.1 Å². The van der Waals surface area contributed by atoms with E-state index in [2.05, 4.69) is 10.5 Å². The van der Waals surface area contributed by atoms with Crippen molar-refractivity contribution in [1.29, 1.82) is 0 Å². The van der Waals surface area contributed by atoms with Gasteiger partial charge in [0.15, 0.2) is 0 Å². The predicted molar refractivity (Wildman–Crippen MR) is 104 cm³/mol. The molecule has 0 radical (unpaired) electrons. The maximum absolute atomic E-state index is 12.5. The van der Waals surface area contributed by atoms with E-state index in [0.717, 1.165) is 16.7 Å². The van der Waals surface area contributed by atoms with Crippen LogP contribution >= 0.6 is 11.6 Å². The van der Waals surface area contributed by atoms with Crippen molar-refractivity contribution in [1.82, 2.24) is 5.16 Å². The molecule has 0 aliphatic rings. The molecule has 0 aliphatic carbocycles. The van der Waals surface area contributed by atoms with Crippen molar-refractivity contribution in [3.8, 4) is 11.3 Å². The molecule has 7 heteroatoms. The highest BCUT2D eigenvalue weighted by Crippen LogP contribution is 2.24. The van der Waals surface area contributed by atoms with Crippen molar-refractivity contribution in [2.24, 2.45) is 0 Å². The first kappa shape index (κ1) is 18.4. The Labute approximate surface area is 158 Å². The first-order valence-corrected chi connectivity index (χ1v) is 9.97. The molecule has 0 spiro atoms. The number of rotatable bonds is 5. The molecule has 0 saturated heterocycles. The minimum Gasteiger partial charge on any atom is -0.350 e. The van der Waals surface area contributed by atoms with Crippen molar-refractivity contribution in [2.75, 3.05) is 11.6 Å². The van der Waals surface area contributed by atoms with Gasteiger partial charge in [-0.25, -0.2) is 0 Å². The van der Waals surface area contributed by atoms with Gasteiger partial charge < -0.3 is 9.84 Å². The van der Waals surface area contributed by atoms with Gasteiger partial charge in [0.25, 0.3) is 5.91 Å². The Kier molecular flexibility index (Phi) is 5.54. The predicted octanol–water partition coefficient (Wildman–Crippen LogP) is 4.43. The molecular weight excluding hydrogens is 372 g/mol. The lowest BCUT2D eigenvalue weighted by molar-refractivity contribution is 0.0988. The van der Waals surface area contributed by atoms with E-state index in [0.29, 0.717) is 22.2 Å². The molecule has 1 amide bonds. The van der Waals surface area contributed by atoms with E-state index in [1.807, 2.05) is 25.1 Å². The molecule has 26 heavy (non-hydrogen) atoms. The standard InChI is InChI=1S/C19H17ClN2O3S/c1-12-14(11-26(2)24)6-4-8-16(12)21-19(23)18-10-17(22-25-18)13-5-3-7-15(20)9-13/h3-10H,11H2,1-2H3,(H,21,23)/t26-/m0/s1. The Bertz CT molecular complexity index is 984. The molecule has 5 nitrogen and oxygen atoms in total. The van der Waals surface area contributed by atoms with Crippen LogP contribution in [0.2, 0.25) is 5.02 Å². The van der Waals surface area contributed by atoms with E-state index in [9.17, 15) is 9.00 Å². The molecule has 0 unspecified atom stereocenters. The third kappa shape index (κ3) is 4.20. The molecule has 3 aromatic rings. The number of anilines is 1. The number of benzene rings is 2. The first-order chi connectivity index (χ1) is 12.4. The number of nitrogens with zero attached hydrogens (tertiary/aromatic N) is 1. The molecule has 2 aromatic carbocycles. The van der Waals surface area contributed by atoms with Gasteiger partial charge in [-0.15, -0.1) is 0 Å². The molecule has 0 fully saturated rings. The summed E-state index contributed by atoms with van der Waals surface area (Å²) in [6, 6.07) is 14.2. The fourth-order valence-electron chi connectivity index (χ4n) is 2.54. The quantitative estimate of drug-likeness (QED) is 0.701. The van der Waals surface area contributed by atoms with Crippen LogP contribution in [0.15, 0.2) is 53.1 Å². The SMILES string of the molecule is Cc1c(C[S@](C)=O)cccc1NC(=O)c1cc(-c2cccc(Cl)c2)no1. The van der Waals surface area contributed by atoms with Gasteiger partial charge in [0.2, 0.25) is 5.76 Å². The van der Waals surface area contributed by atoms with Crippen LogP contribution in [0, 0.1) is 6.92 Å². The zero-order valence-corrected chi connectivity index (χ0v) is 15.9. The zero-order valence-electron chi connectivity index (χ0n) is 14.3. The van der Waals surface area contributed by atoms with Crippen LogP contribution in [0.5, 0.6) is 0 Å². The molecule has 0 aliphatic heterocycles. The molecule has 0 bridgehead atoms. The number of hydrogen-bond acceptors (Lipinski definition) is 4. The summed E-state index contributed by atoms with van der Waals surface area (Å²) in [5.41, 5.74) is 3.76. The largest absolute Gasteiger partial charge is 0.350 e. The molecule has 1 atom stereocenters. The lowest BCUT2D eigenvalue weighted by Crippen LogP contribution is -2.12. The second-order valence-corrected chi connectivity index (χ2v) is 7.72. The summed E-state index contributed by atoms with van der Waals surface area (Å²) in [5.74, 6) is 0.143. The van der Waals surface area contributed by atoms with E-state index in [-0.39, 0.29) is 5.76 Å². The number of hydrogen-bond donors (Lipinski definition) is 1. The van der Waals surface area contributed by atoms with Crippen LogP contribution in [-0.4, -0.2) is 21.5 Å². The van der Waals surface area contributed by atoms with E-state index < -0.39 is 16.7 Å². The number of aromatic nitrogens is 1. The van der Waals surface area contributed by atoms with Crippen LogP contribution in [0.4, 0.5) is 5.69 Å². The third-order valence-electron chi connectivity index (χ3n) is 3.91. The lowest BCUT2D eigenvalue weighted by Gasteiger charge is -2.10. The van der Waals surface area contributed by atoms with Gasteiger partial charge >= 0.3 is 0 Å². The Hall–Kier alpha value is -2.44. The smallest absolute Gasteiger partial charge is 0.294 e. The minimum absolute atomic E-state index is 0.101. The highest BCUT2D eigenvalue weighted by Gasteiger charge is 2.16. The molecular formula is C19H17ClN2O3S. The summed E-state index contributed by atoms with van der Waals surface area (Å²) in [4.78, 5) is 12.5. The van der Waals surface area contributed by atoms with Crippen molar-refractivity contribution in [2.45, 2.75) is 12.7 Å². The third-order valence-corrected chi connectivity index (χ3v) is 4.86. The van der Waals surface area contributed by atoms with Crippen molar-refractivity contribution in [3.63, 3.8) is 0 Å². The fraction of sp³-hybridized carbons (Fsp3) is 0.158. The molecule has 1 heterocycles. The van der Waals surface area contributed by atoms with Crippen LogP contribution < -0.4 is 5.32 Å². The molecule has 3 rings (SSSR count). The Balaban J connectivity index is 1.80. The molecule has 1 N–H and O–H groups in total. The van der Waals surface area contributed by atoms with Gasteiger partial charge in [-0.3, -0.25) is 9.00 Å². The number of carbonyl (C=O) groups is 1. The highest BCUT2D eigenvalue weighted by atomic mass is 35.5. The van der Waals surface area contributed by atoms with Crippen LogP contribution in [-0.2, 0) is 16.6 Å². The fourth-order valence-corrected chi connectivity index (χ4v) is 3.49. The van der Waals surface area contributed by atoms with E-state index in [1.54, 1.807) is 36.6 Å². The summed E-state index contributed by atoms with van der Waals surface area (Å²) < 4.78 is 16.6. The van der Waals surface area contributed by atoms with Gasteiger partial charge in [-0.05, 0) is 36.2 Å². The number of nitrogens with one attached hydrogen (secondary N) is 1. The van der Waals surface area contributed by atoms with E-state index in [1.165, 1.54) is 0 Å². The number of carbonyl (C=O) groups excluding carboxylic acids is 1. The summed E-state index contributed by atoms with van der Waals surface area (Å²) in [6.45, 7) is 1.88. The van der Waals surface area contributed by atoms with Gasteiger partial charge in [0.1, 0.15) is 5.69 Å². The summed E-state index contributed by atoms with van der Waals surface area (Å²) >= 11 is 5.98. The normalized spacial score (nSPS) is 12.0. The maximum Gasteiger partial charge on any atom is 0.294 e. The Morgan fingerprint density at radius 3 is 2.73 bits per heavy atom. The van der Waals surface area contributed by atoms with Crippen molar-refractivity contribution < 1.29 is 13.5 Å². The molecule has 134 valence electrons. The first-order valence-electron chi connectivity index (χ1n) is 7.86. The van der Waals surface area contributed by atoms with Gasteiger partial charge in [-0.2, -0.15) is 0 Å². The Morgan fingerprint density at radius 2 is 2.00 bits per heavy atom. The van der Waals surface area contributed by atoms with Crippen molar-refractivity contribution >= 4 is 34.0 Å². The van der Waals surface area contributed by atoms with Crippen molar-refractivity contribution in [3.05, 3.63) is 70.4 Å².